The van der Waals surface area contributed by atoms with E-state index in [1.54, 1.807) is 12.1 Å². The van der Waals surface area contributed by atoms with Crippen molar-refractivity contribution in [2.75, 3.05) is 13.1 Å². The molecule has 0 atom stereocenters. The number of hydrogen-bond acceptors (Lipinski definition) is 2. The van der Waals surface area contributed by atoms with Crippen molar-refractivity contribution in [2.24, 2.45) is 0 Å². The Morgan fingerprint density at radius 3 is 2.58 bits per heavy atom. The maximum atomic E-state index is 14.1. The molecule has 2 heterocycles. The summed E-state index contributed by atoms with van der Waals surface area (Å²) in [6.07, 6.45) is 2.03. The van der Waals surface area contributed by atoms with Crippen molar-refractivity contribution in [3.05, 3.63) is 64.1 Å². The molecule has 0 bridgehead atoms. The average molecular weight is 437 g/mol. The highest BCUT2D eigenvalue weighted by atomic mass is 79.9. The Kier molecular flexibility index (Phi) is 5.30. The van der Waals surface area contributed by atoms with Gasteiger partial charge in [0.05, 0.1) is 21.4 Å². The minimum absolute atomic E-state index is 0.263. The second kappa shape index (κ2) is 7.67. The van der Waals surface area contributed by atoms with Crippen LogP contribution in [0.3, 0.4) is 0 Å². The lowest BCUT2D eigenvalue weighted by molar-refractivity contribution is 0.180. The van der Waals surface area contributed by atoms with E-state index in [-0.39, 0.29) is 5.82 Å². The van der Waals surface area contributed by atoms with E-state index in [9.17, 15) is 4.39 Å². The van der Waals surface area contributed by atoms with E-state index < -0.39 is 0 Å². The summed E-state index contributed by atoms with van der Waals surface area (Å²) in [5.41, 5.74) is 2.97. The number of hydrogen-bond donors (Lipinski definition) is 0. The van der Waals surface area contributed by atoms with E-state index in [1.807, 2.05) is 6.07 Å². The van der Waals surface area contributed by atoms with Gasteiger partial charge in [-0.25, -0.2) is 9.37 Å². The lowest BCUT2D eigenvalue weighted by Gasteiger charge is -2.33. The summed E-state index contributed by atoms with van der Waals surface area (Å²) in [5, 5.41) is 0. The molecule has 4 rings (SSSR count). The quantitative estimate of drug-likeness (QED) is 0.503. The molecule has 1 aliphatic rings. The number of nitrogens with zero attached hydrogens (tertiary/aromatic N) is 3. The lowest BCUT2D eigenvalue weighted by Crippen LogP contribution is -2.34. The van der Waals surface area contributed by atoms with Crippen LogP contribution in [0.25, 0.3) is 11.0 Å². The Bertz CT molecular complexity index is 904. The van der Waals surface area contributed by atoms with Gasteiger partial charge in [0.15, 0.2) is 0 Å². The van der Waals surface area contributed by atoms with Gasteiger partial charge in [0.25, 0.3) is 0 Å². The first-order chi connectivity index (χ1) is 12.7. The van der Waals surface area contributed by atoms with Crippen LogP contribution in [0.15, 0.2) is 46.9 Å². The molecule has 0 saturated carbocycles. The molecule has 0 N–H and O–H groups in total. The minimum Gasteiger partial charge on any atom is -0.324 e. The summed E-state index contributed by atoms with van der Waals surface area (Å²) in [7, 11) is 0. The average Bonchev–Trinajstić information content (AvgIpc) is 3.01. The van der Waals surface area contributed by atoms with Crippen molar-refractivity contribution >= 4 is 38.6 Å². The number of rotatable bonds is 4. The fraction of sp³-hybridized carbons (Fsp3) is 0.350. The number of piperidine rings is 1. The monoisotopic (exact) mass is 435 g/mol. The summed E-state index contributed by atoms with van der Waals surface area (Å²) in [6, 6.07) is 14.2. The standard InChI is InChI=1S/C20H20BrClFN3/c21-16-10-18-19(11-17(16)23)26(20(12-22)24-18)15-6-8-25(9-7-15)13-14-4-2-1-3-5-14/h1-5,10-11,15H,6-9,12-13H2. The zero-order valence-electron chi connectivity index (χ0n) is 14.3. The van der Waals surface area contributed by atoms with Crippen molar-refractivity contribution in [2.45, 2.75) is 31.3 Å². The van der Waals surface area contributed by atoms with Gasteiger partial charge in [-0.1, -0.05) is 30.3 Å². The Hall–Kier alpha value is -1.43. The van der Waals surface area contributed by atoms with Gasteiger partial charge in [-0.15, -0.1) is 11.6 Å². The smallest absolute Gasteiger partial charge is 0.139 e. The van der Waals surface area contributed by atoms with Gasteiger partial charge in [-0.2, -0.15) is 0 Å². The van der Waals surface area contributed by atoms with E-state index >= 15 is 0 Å². The fourth-order valence-electron chi connectivity index (χ4n) is 3.82. The zero-order chi connectivity index (χ0) is 18.1. The summed E-state index contributed by atoms with van der Waals surface area (Å²) < 4.78 is 16.7. The first-order valence-corrected chi connectivity index (χ1v) is 10.2. The van der Waals surface area contributed by atoms with Crippen molar-refractivity contribution < 1.29 is 4.39 Å². The molecule has 0 unspecified atom stereocenters. The molecule has 26 heavy (non-hydrogen) atoms. The maximum absolute atomic E-state index is 14.1. The van der Waals surface area contributed by atoms with E-state index in [4.69, 9.17) is 11.6 Å². The van der Waals surface area contributed by atoms with Gasteiger partial charge < -0.3 is 4.57 Å². The molecule has 136 valence electrons. The SMILES string of the molecule is Fc1cc2c(cc1Br)nc(CCl)n2C1CCN(Cc2ccccc2)CC1. The molecular weight excluding hydrogens is 417 g/mol. The van der Waals surface area contributed by atoms with E-state index in [2.05, 4.69) is 54.6 Å². The van der Waals surface area contributed by atoms with Crippen molar-refractivity contribution in [1.29, 1.82) is 0 Å². The first kappa shape index (κ1) is 18.0. The van der Waals surface area contributed by atoms with Crippen LogP contribution in [-0.4, -0.2) is 27.5 Å². The molecule has 3 nitrogen and oxygen atoms in total. The second-order valence-corrected chi connectivity index (χ2v) is 7.90. The number of likely N-dealkylation sites (tertiary alicyclic amines) is 1. The second-order valence-electron chi connectivity index (χ2n) is 6.78. The molecule has 0 radical (unpaired) electrons. The Morgan fingerprint density at radius 2 is 1.88 bits per heavy atom. The van der Waals surface area contributed by atoms with Gasteiger partial charge in [-0.05, 0) is 40.4 Å². The Morgan fingerprint density at radius 1 is 1.15 bits per heavy atom. The fourth-order valence-corrected chi connectivity index (χ4v) is 4.34. The number of benzene rings is 2. The van der Waals surface area contributed by atoms with Crippen LogP contribution in [0.2, 0.25) is 0 Å². The molecule has 1 aromatic heterocycles. The molecule has 0 spiro atoms. The molecule has 1 saturated heterocycles. The zero-order valence-corrected chi connectivity index (χ0v) is 16.7. The Balaban J connectivity index is 1.54. The van der Waals surface area contributed by atoms with E-state index in [1.165, 1.54) is 5.56 Å². The van der Waals surface area contributed by atoms with Crippen LogP contribution in [-0.2, 0) is 12.4 Å². The van der Waals surface area contributed by atoms with Crippen molar-refractivity contribution in [3.8, 4) is 0 Å². The third kappa shape index (κ3) is 3.53. The van der Waals surface area contributed by atoms with E-state index in [0.29, 0.717) is 16.4 Å². The van der Waals surface area contributed by atoms with Crippen molar-refractivity contribution in [1.82, 2.24) is 14.5 Å². The molecule has 6 heteroatoms. The van der Waals surface area contributed by atoms with Gasteiger partial charge in [0, 0.05) is 31.7 Å². The highest BCUT2D eigenvalue weighted by Gasteiger charge is 2.25. The molecule has 2 aromatic carbocycles. The normalized spacial score (nSPS) is 16.4. The maximum Gasteiger partial charge on any atom is 0.139 e. The highest BCUT2D eigenvalue weighted by Crippen LogP contribution is 2.32. The van der Waals surface area contributed by atoms with Crippen LogP contribution < -0.4 is 0 Å². The topological polar surface area (TPSA) is 21.1 Å². The summed E-state index contributed by atoms with van der Waals surface area (Å²) >= 11 is 9.38. The molecule has 1 fully saturated rings. The third-order valence-corrected chi connectivity index (χ3v) is 5.94. The molecule has 1 aliphatic heterocycles. The molecule has 0 aliphatic carbocycles. The Labute approximate surface area is 165 Å². The largest absolute Gasteiger partial charge is 0.324 e. The van der Waals surface area contributed by atoms with Crippen LogP contribution in [0.4, 0.5) is 4.39 Å². The summed E-state index contributed by atoms with van der Waals surface area (Å²) in [4.78, 5) is 7.09. The predicted octanol–water partition coefficient (Wildman–Crippen LogP) is 5.51. The predicted molar refractivity (Wildman–Crippen MR) is 107 cm³/mol. The summed E-state index contributed by atoms with van der Waals surface area (Å²) in [5.74, 6) is 0.889. The first-order valence-electron chi connectivity index (χ1n) is 8.84. The van der Waals surface area contributed by atoms with Crippen LogP contribution in [0.5, 0.6) is 0 Å². The lowest BCUT2D eigenvalue weighted by atomic mass is 10.0. The van der Waals surface area contributed by atoms with Crippen LogP contribution >= 0.6 is 27.5 Å². The number of aromatic nitrogens is 2. The molecular formula is C20H20BrClFN3. The van der Waals surface area contributed by atoms with Gasteiger partial charge in [0.2, 0.25) is 0 Å². The third-order valence-electron chi connectivity index (χ3n) is 5.10. The summed E-state index contributed by atoms with van der Waals surface area (Å²) in [6.45, 7) is 3.00. The van der Waals surface area contributed by atoms with E-state index in [0.717, 1.165) is 49.3 Å². The number of fused-ring (bicyclic) bond motifs is 1. The molecule has 0 amide bonds. The highest BCUT2D eigenvalue weighted by molar-refractivity contribution is 9.10. The number of halogens is 3. The van der Waals surface area contributed by atoms with Gasteiger partial charge in [-0.3, -0.25) is 4.90 Å². The molecule has 3 aromatic rings. The number of alkyl halides is 1. The van der Waals surface area contributed by atoms with Crippen LogP contribution in [0, 0.1) is 5.82 Å². The van der Waals surface area contributed by atoms with Crippen LogP contribution in [0.1, 0.15) is 30.3 Å². The number of imidazole rings is 1. The van der Waals surface area contributed by atoms with Gasteiger partial charge in [0.1, 0.15) is 11.6 Å². The minimum atomic E-state index is -0.263. The van der Waals surface area contributed by atoms with Crippen molar-refractivity contribution in [3.63, 3.8) is 0 Å². The van der Waals surface area contributed by atoms with Gasteiger partial charge >= 0.3 is 0 Å².